The van der Waals surface area contributed by atoms with Gasteiger partial charge in [0.1, 0.15) is 0 Å². The van der Waals surface area contributed by atoms with Crippen molar-refractivity contribution in [3.05, 3.63) is 0 Å². The van der Waals surface area contributed by atoms with Gasteiger partial charge < -0.3 is 9.29 Å². The maximum atomic E-state index is 10.3. The Kier molecular flexibility index (Phi) is 2.93. The second-order valence-corrected chi connectivity index (χ2v) is 3.77. The Labute approximate surface area is 59.6 Å². The van der Waals surface area contributed by atoms with Crippen molar-refractivity contribution in [1.29, 1.82) is 0 Å². The average Bonchev–Trinajstić information content (AvgIpc) is 1.90. The lowest BCUT2D eigenvalue weighted by Gasteiger charge is -2.19. The molecule has 54 valence electrons. The van der Waals surface area contributed by atoms with Crippen molar-refractivity contribution in [2.24, 2.45) is 0 Å². The smallest absolute Gasteiger partial charge is 0.207 e. The first-order chi connectivity index (χ1) is 4.30. The molecule has 0 aromatic carbocycles. The predicted octanol–water partition coefficient (Wildman–Crippen LogP) is -0.240. The van der Waals surface area contributed by atoms with Crippen LogP contribution in [-0.2, 0) is 15.8 Å². The van der Waals surface area contributed by atoms with Gasteiger partial charge in [-0.25, -0.2) is 4.21 Å². The Hall–Kier alpha value is 0.380. The first-order valence-corrected chi connectivity index (χ1v) is 4.56. The Morgan fingerprint density at radius 2 is 2.67 bits per heavy atom. The highest BCUT2D eigenvalue weighted by Gasteiger charge is 2.18. The third-order valence-corrected chi connectivity index (χ3v) is 2.95. The monoisotopic (exact) mass is 169 g/mol. The third kappa shape index (κ3) is 2.23. The molecule has 4 nitrogen and oxygen atoms in total. The van der Waals surface area contributed by atoms with E-state index in [0.717, 1.165) is 0 Å². The SMILES string of the molecule is O=S(O)C1OCNCS1. The second-order valence-electron chi connectivity index (χ2n) is 1.44. The average molecular weight is 169 g/mol. The van der Waals surface area contributed by atoms with E-state index in [9.17, 15) is 4.21 Å². The minimum atomic E-state index is -1.85. The second kappa shape index (κ2) is 3.52. The van der Waals surface area contributed by atoms with Crippen molar-refractivity contribution in [3.63, 3.8) is 0 Å². The summed E-state index contributed by atoms with van der Waals surface area (Å²) in [6.07, 6.45) is 0. The van der Waals surface area contributed by atoms with Gasteiger partial charge in [0, 0.05) is 5.88 Å². The zero-order chi connectivity index (χ0) is 6.69. The van der Waals surface area contributed by atoms with Crippen LogP contribution in [0.15, 0.2) is 0 Å². The molecule has 1 fully saturated rings. The number of thioether (sulfide) groups is 1. The maximum absolute atomic E-state index is 10.3. The fraction of sp³-hybridized carbons (Fsp3) is 1.00. The largest absolute Gasteiger partial charge is 0.337 e. The van der Waals surface area contributed by atoms with Gasteiger partial charge in [0.25, 0.3) is 0 Å². The Bertz CT molecular complexity index is 114. The molecule has 1 rings (SSSR count). The van der Waals surface area contributed by atoms with Crippen LogP contribution < -0.4 is 5.32 Å². The lowest BCUT2D eigenvalue weighted by Crippen LogP contribution is -2.31. The van der Waals surface area contributed by atoms with Crippen molar-refractivity contribution in [2.75, 3.05) is 12.6 Å². The van der Waals surface area contributed by atoms with Gasteiger partial charge in [-0.1, -0.05) is 11.8 Å². The van der Waals surface area contributed by atoms with Gasteiger partial charge in [-0.3, -0.25) is 5.32 Å². The first-order valence-electron chi connectivity index (χ1n) is 2.34. The molecule has 1 heterocycles. The molecule has 0 amide bonds. The third-order valence-electron chi connectivity index (χ3n) is 0.808. The van der Waals surface area contributed by atoms with Gasteiger partial charge in [0.15, 0.2) is 11.1 Å². The van der Waals surface area contributed by atoms with E-state index in [1.54, 1.807) is 0 Å². The normalized spacial score (nSPS) is 31.9. The van der Waals surface area contributed by atoms with Crippen LogP contribution in [0.5, 0.6) is 0 Å². The number of rotatable bonds is 1. The van der Waals surface area contributed by atoms with E-state index in [0.29, 0.717) is 12.6 Å². The van der Waals surface area contributed by atoms with Gasteiger partial charge in [0.05, 0.1) is 6.73 Å². The van der Waals surface area contributed by atoms with Crippen molar-refractivity contribution in [1.82, 2.24) is 5.32 Å². The summed E-state index contributed by atoms with van der Waals surface area (Å²) in [5, 5.41) is 2.86. The van der Waals surface area contributed by atoms with Crippen LogP contribution in [0.4, 0.5) is 0 Å². The number of hydrogen-bond acceptors (Lipinski definition) is 4. The molecule has 1 aliphatic heterocycles. The van der Waals surface area contributed by atoms with Crippen LogP contribution in [0.3, 0.4) is 0 Å². The van der Waals surface area contributed by atoms with E-state index in [-0.39, 0.29) is 0 Å². The van der Waals surface area contributed by atoms with Crippen molar-refractivity contribution < 1.29 is 13.5 Å². The molecule has 1 saturated heterocycles. The Morgan fingerprint density at radius 3 is 3.00 bits per heavy atom. The van der Waals surface area contributed by atoms with Crippen LogP contribution in [0.2, 0.25) is 0 Å². The maximum Gasteiger partial charge on any atom is 0.207 e. The molecule has 0 aromatic heterocycles. The van der Waals surface area contributed by atoms with Crippen LogP contribution in [0.1, 0.15) is 0 Å². The topological polar surface area (TPSA) is 58.6 Å². The summed E-state index contributed by atoms with van der Waals surface area (Å²) in [6, 6.07) is 0. The van der Waals surface area contributed by atoms with E-state index >= 15 is 0 Å². The molecule has 0 bridgehead atoms. The van der Waals surface area contributed by atoms with E-state index in [1.807, 2.05) is 0 Å². The fourth-order valence-electron chi connectivity index (χ4n) is 0.460. The molecule has 6 heteroatoms. The number of ether oxygens (including phenoxy) is 1. The lowest BCUT2D eigenvalue weighted by atomic mass is 11.1. The van der Waals surface area contributed by atoms with Crippen LogP contribution >= 0.6 is 11.8 Å². The Balaban J connectivity index is 2.31. The summed E-state index contributed by atoms with van der Waals surface area (Å²) in [5.74, 6) is 0.678. The fourth-order valence-corrected chi connectivity index (χ4v) is 1.82. The molecule has 2 atom stereocenters. The summed E-state index contributed by atoms with van der Waals surface area (Å²) in [5.41, 5.74) is 0. The van der Waals surface area contributed by atoms with Gasteiger partial charge in [-0.2, -0.15) is 0 Å². The number of nitrogens with one attached hydrogen (secondary N) is 1. The Morgan fingerprint density at radius 1 is 1.89 bits per heavy atom. The molecule has 1 aliphatic rings. The highest BCUT2D eigenvalue weighted by Crippen LogP contribution is 2.16. The van der Waals surface area contributed by atoms with E-state index in [4.69, 9.17) is 9.29 Å². The standard InChI is InChI=1S/C3H7NO3S2/c5-9(6)3-7-1-4-2-8-3/h3-4H,1-2H2,(H,5,6). The molecule has 2 N–H and O–H groups in total. The van der Waals surface area contributed by atoms with Crippen LogP contribution in [0.25, 0.3) is 0 Å². The molecule has 0 aromatic rings. The van der Waals surface area contributed by atoms with Crippen molar-refractivity contribution >= 4 is 22.8 Å². The minimum Gasteiger partial charge on any atom is -0.337 e. The van der Waals surface area contributed by atoms with Gasteiger partial charge in [0.2, 0.25) is 4.77 Å². The van der Waals surface area contributed by atoms with E-state index < -0.39 is 15.8 Å². The molecule has 0 aliphatic carbocycles. The van der Waals surface area contributed by atoms with Gasteiger partial charge in [-0.05, 0) is 0 Å². The zero-order valence-electron chi connectivity index (χ0n) is 4.57. The molecule has 0 saturated carbocycles. The predicted molar refractivity (Wildman–Crippen MR) is 36.1 cm³/mol. The van der Waals surface area contributed by atoms with Crippen LogP contribution in [-0.4, -0.2) is 26.1 Å². The quantitative estimate of drug-likeness (QED) is 0.530. The molecular formula is C3H7NO3S2. The molecule has 0 spiro atoms. The summed E-state index contributed by atoms with van der Waals surface area (Å²) in [7, 11) is 0. The summed E-state index contributed by atoms with van der Waals surface area (Å²) < 4.78 is 23.0. The summed E-state index contributed by atoms with van der Waals surface area (Å²) in [4.78, 5) is 0. The minimum absolute atomic E-state index is 0.365. The summed E-state index contributed by atoms with van der Waals surface area (Å²) >= 11 is -0.563. The highest BCUT2D eigenvalue weighted by molar-refractivity contribution is 8.09. The molecular weight excluding hydrogens is 162 g/mol. The van der Waals surface area contributed by atoms with Crippen LogP contribution in [0, 0.1) is 0 Å². The first kappa shape index (κ1) is 7.49. The molecule has 0 radical (unpaired) electrons. The number of hydrogen-bond donors (Lipinski definition) is 2. The summed E-state index contributed by atoms with van der Waals surface area (Å²) in [6.45, 7) is 0.365. The lowest BCUT2D eigenvalue weighted by molar-refractivity contribution is 0.131. The van der Waals surface area contributed by atoms with Gasteiger partial charge >= 0.3 is 0 Å². The van der Waals surface area contributed by atoms with Gasteiger partial charge in [-0.15, -0.1) is 0 Å². The van der Waals surface area contributed by atoms with E-state index in [2.05, 4.69) is 5.32 Å². The zero-order valence-corrected chi connectivity index (χ0v) is 6.20. The van der Waals surface area contributed by atoms with E-state index in [1.165, 1.54) is 11.8 Å². The van der Waals surface area contributed by atoms with Crippen molar-refractivity contribution in [2.45, 2.75) is 4.77 Å². The highest BCUT2D eigenvalue weighted by atomic mass is 32.2. The molecule has 9 heavy (non-hydrogen) atoms. The van der Waals surface area contributed by atoms with Crippen molar-refractivity contribution in [3.8, 4) is 0 Å². The molecule has 2 unspecified atom stereocenters.